The van der Waals surface area contributed by atoms with E-state index in [1.807, 2.05) is 0 Å². The van der Waals surface area contributed by atoms with Crippen LogP contribution in [-0.2, 0) is 11.8 Å². The summed E-state index contributed by atoms with van der Waals surface area (Å²) in [6.45, 7) is 4.61. The summed E-state index contributed by atoms with van der Waals surface area (Å²) in [5, 5.41) is 0. The van der Waals surface area contributed by atoms with Crippen molar-refractivity contribution in [3.05, 3.63) is 34.2 Å². The number of aromatic nitrogens is 2. The number of carbonyl (C=O) groups is 1. The third-order valence-electron chi connectivity index (χ3n) is 4.58. The first-order valence-corrected chi connectivity index (χ1v) is 8.52. The molecule has 1 N–H and O–H groups in total. The highest BCUT2D eigenvalue weighted by atomic mass is 19.3. The minimum atomic E-state index is -3.09. The monoisotopic (exact) mass is 367 g/mol. The van der Waals surface area contributed by atoms with Gasteiger partial charge in [-0.3, -0.25) is 4.57 Å². The molecule has 0 aliphatic carbocycles. The average molecular weight is 367 g/mol. The number of nitrogens with zero attached hydrogens (tertiary/aromatic N) is 2. The average Bonchev–Trinajstić information content (AvgIpc) is 2.79. The van der Waals surface area contributed by atoms with Crippen molar-refractivity contribution >= 4 is 17.1 Å². The predicted molar refractivity (Wildman–Crippen MR) is 93.7 cm³/mol. The molecule has 1 aliphatic rings. The summed E-state index contributed by atoms with van der Waals surface area (Å²) in [6.07, 6.45) is -0.602. The lowest BCUT2D eigenvalue weighted by Gasteiger charge is -2.39. The van der Waals surface area contributed by atoms with E-state index in [1.54, 1.807) is 46.0 Å². The van der Waals surface area contributed by atoms with Gasteiger partial charge in [0.15, 0.2) is 0 Å². The fourth-order valence-electron chi connectivity index (χ4n) is 3.29. The van der Waals surface area contributed by atoms with Crippen molar-refractivity contribution in [2.75, 3.05) is 13.1 Å². The van der Waals surface area contributed by atoms with Crippen LogP contribution in [0.3, 0.4) is 0 Å². The van der Waals surface area contributed by atoms with Crippen LogP contribution in [0.2, 0.25) is 0 Å². The predicted octanol–water partition coefficient (Wildman–Crippen LogP) is 3.23. The number of alkyl halides is 2. The van der Waals surface area contributed by atoms with Crippen LogP contribution in [0, 0.1) is 0 Å². The Morgan fingerprint density at radius 3 is 2.65 bits per heavy atom. The number of likely N-dealkylation sites (tertiary alicyclic amines) is 1. The van der Waals surface area contributed by atoms with Crippen molar-refractivity contribution < 1.29 is 18.3 Å². The molecule has 2 aromatic rings. The number of halogens is 2. The Morgan fingerprint density at radius 1 is 1.35 bits per heavy atom. The first-order valence-electron chi connectivity index (χ1n) is 8.52. The van der Waals surface area contributed by atoms with Gasteiger partial charge in [0.2, 0.25) is 0 Å². The number of carbonyl (C=O) groups excluding carboxylic acids is 1. The fraction of sp³-hybridized carbons (Fsp3) is 0.556. The van der Waals surface area contributed by atoms with Gasteiger partial charge in [0.25, 0.3) is 5.92 Å². The van der Waals surface area contributed by atoms with Gasteiger partial charge < -0.3 is 14.6 Å². The number of aromatic amines is 1. The van der Waals surface area contributed by atoms with Crippen molar-refractivity contribution in [2.45, 2.75) is 44.6 Å². The van der Waals surface area contributed by atoms with Crippen LogP contribution >= 0.6 is 0 Å². The summed E-state index contributed by atoms with van der Waals surface area (Å²) in [6, 6.07) is 4.87. The Hall–Kier alpha value is -2.38. The normalized spacial score (nSPS) is 20.4. The molecule has 1 saturated heterocycles. The quantitative estimate of drug-likeness (QED) is 0.841. The van der Waals surface area contributed by atoms with Crippen LogP contribution in [0.4, 0.5) is 13.6 Å². The summed E-state index contributed by atoms with van der Waals surface area (Å²) in [4.78, 5) is 27.5. The van der Waals surface area contributed by atoms with E-state index < -0.39 is 30.1 Å². The first kappa shape index (κ1) is 18.4. The SMILES string of the molecule is Cn1c(=O)[nH]c2ccc(C3CCN(C(=O)OC(C)(C)C)CC3(F)F)cc21. The maximum Gasteiger partial charge on any atom is 0.410 e. The van der Waals surface area contributed by atoms with Crippen LogP contribution < -0.4 is 5.69 Å². The Labute approximate surface area is 149 Å². The molecule has 3 rings (SSSR count). The number of hydrogen-bond acceptors (Lipinski definition) is 3. The zero-order chi connectivity index (χ0) is 19.3. The molecule has 0 bridgehead atoms. The summed E-state index contributed by atoms with van der Waals surface area (Å²) < 4.78 is 36.2. The highest BCUT2D eigenvalue weighted by Gasteiger charge is 2.47. The number of piperidine rings is 1. The zero-order valence-electron chi connectivity index (χ0n) is 15.3. The number of imidazole rings is 1. The summed E-state index contributed by atoms with van der Waals surface area (Å²) in [7, 11) is 1.59. The standard InChI is InChI=1S/C18H23F2N3O3/c1-17(2,3)26-16(25)23-8-7-12(18(19,20)10-23)11-5-6-13-14(9-11)22(4)15(24)21-13/h5-6,9,12H,7-8,10H2,1-4H3,(H,21,24). The lowest BCUT2D eigenvalue weighted by atomic mass is 9.86. The third-order valence-corrected chi connectivity index (χ3v) is 4.58. The maximum atomic E-state index is 14.8. The second-order valence-corrected chi connectivity index (χ2v) is 7.77. The maximum absolute atomic E-state index is 14.8. The molecular formula is C18H23F2N3O3. The van der Waals surface area contributed by atoms with Crippen LogP contribution in [0.15, 0.2) is 23.0 Å². The van der Waals surface area contributed by atoms with E-state index in [-0.39, 0.29) is 18.7 Å². The lowest BCUT2D eigenvalue weighted by molar-refractivity contribution is -0.0848. The molecular weight excluding hydrogens is 344 g/mol. The van der Waals surface area contributed by atoms with Gasteiger partial charge in [0.1, 0.15) is 5.60 Å². The Kier molecular flexibility index (Phi) is 4.32. The van der Waals surface area contributed by atoms with Gasteiger partial charge in [-0.15, -0.1) is 0 Å². The Morgan fingerprint density at radius 2 is 2.04 bits per heavy atom. The lowest BCUT2D eigenvalue weighted by Crippen LogP contribution is -2.50. The van der Waals surface area contributed by atoms with Gasteiger partial charge in [-0.25, -0.2) is 18.4 Å². The number of rotatable bonds is 1. The summed E-state index contributed by atoms with van der Waals surface area (Å²) in [5.41, 5.74) is 0.631. The van der Waals surface area contributed by atoms with E-state index in [0.717, 1.165) is 4.90 Å². The van der Waals surface area contributed by atoms with Crippen LogP contribution in [-0.4, -0.2) is 45.2 Å². The number of nitrogens with one attached hydrogen (secondary N) is 1. The summed E-state index contributed by atoms with van der Waals surface area (Å²) in [5.74, 6) is -4.10. The van der Waals surface area contributed by atoms with Crippen LogP contribution in [0.5, 0.6) is 0 Å². The Bertz CT molecular complexity index is 895. The molecule has 2 heterocycles. The number of ether oxygens (including phenoxy) is 1. The topological polar surface area (TPSA) is 67.3 Å². The van der Waals surface area contributed by atoms with E-state index >= 15 is 0 Å². The molecule has 1 atom stereocenters. The number of benzene rings is 1. The number of hydrogen-bond donors (Lipinski definition) is 1. The highest BCUT2D eigenvalue weighted by molar-refractivity contribution is 5.76. The van der Waals surface area contributed by atoms with Gasteiger partial charge in [0.05, 0.1) is 23.5 Å². The van der Waals surface area contributed by atoms with Gasteiger partial charge in [-0.1, -0.05) is 6.07 Å². The molecule has 0 radical (unpaired) electrons. The molecule has 1 aromatic heterocycles. The minimum absolute atomic E-state index is 0.121. The van der Waals surface area contributed by atoms with Gasteiger partial charge in [-0.2, -0.15) is 0 Å². The van der Waals surface area contributed by atoms with Crippen molar-refractivity contribution in [3.8, 4) is 0 Å². The van der Waals surface area contributed by atoms with Crippen molar-refractivity contribution in [1.29, 1.82) is 0 Å². The molecule has 0 saturated carbocycles. The molecule has 8 heteroatoms. The van der Waals surface area contributed by atoms with Crippen molar-refractivity contribution in [2.24, 2.45) is 7.05 Å². The van der Waals surface area contributed by atoms with Gasteiger partial charge >= 0.3 is 11.8 Å². The van der Waals surface area contributed by atoms with E-state index in [0.29, 0.717) is 16.6 Å². The molecule has 1 aromatic carbocycles. The minimum Gasteiger partial charge on any atom is -0.444 e. The third kappa shape index (κ3) is 3.45. The fourth-order valence-corrected chi connectivity index (χ4v) is 3.29. The zero-order valence-corrected chi connectivity index (χ0v) is 15.3. The largest absolute Gasteiger partial charge is 0.444 e. The van der Waals surface area contributed by atoms with Crippen molar-refractivity contribution in [1.82, 2.24) is 14.5 Å². The number of fused-ring (bicyclic) bond motifs is 1. The second-order valence-electron chi connectivity index (χ2n) is 7.77. The number of aryl methyl sites for hydroxylation is 1. The number of amides is 1. The molecule has 0 spiro atoms. The number of H-pyrrole nitrogens is 1. The first-order chi connectivity index (χ1) is 12.0. The van der Waals surface area contributed by atoms with E-state index in [4.69, 9.17) is 4.74 Å². The smallest absolute Gasteiger partial charge is 0.410 e. The van der Waals surface area contributed by atoms with Crippen molar-refractivity contribution in [3.63, 3.8) is 0 Å². The molecule has 1 unspecified atom stereocenters. The van der Waals surface area contributed by atoms with Crippen LogP contribution in [0.25, 0.3) is 11.0 Å². The molecule has 142 valence electrons. The molecule has 1 aliphatic heterocycles. The summed E-state index contributed by atoms with van der Waals surface area (Å²) >= 11 is 0. The van der Waals surface area contributed by atoms with Gasteiger partial charge in [-0.05, 0) is 44.9 Å². The molecule has 6 nitrogen and oxygen atoms in total. The van der Waals surface area contributed by atoms with Gasteiger partial charge in [0, 0.05) is 13.6 Å². The second kappa shape index (κ2) is 6.10. The van der Waals surface area contributed by atoms with E-state index in [9.17, 15) is 18.4 Å². The van der Waals surface area contributed by atoms with E-state index in [1.165, 1.54) is 4.57 Å². The molecule has 1 fully saturated rings. The molecule has 26 heavy (non-hydrogen) atoms. The molecule has 1 amide bonds. The van der Waals surface area contributed by atoms with Crippen LogP contribution in [0.1, 0.15) is 38.7 Å². The highest BCUT2D eigenvalue weighted by Crippen LogP contribution is 2.41. The Balaban J connectivity index is 1.84. The van der Waals surface area contributed by atoms with E-state index in [2.05, 4.69) is 4.98 Å².